The molecular weight excluding hydrogens is 383 g/mol. The fourth-order valence-electron chi connectivity index (χ4n) is 4.75. The van der Waals surface area contributed by atoms with E-state index in [2.05, 4.69) is 0 Å². The molecule has 0 radical (unpaired) electrons. The molecule has 2 fully saturated rings. The van der Waals surface area contributed by atoms with Crippen LogP contribution in [0.4, 0.5) is 4.39 Å². The summed E-state index contributed by atoms with van der Waals surface area (Å²) in [5.41, 5.74) is 1.90. The smallest absolute Gasteiger partial charge is 0.254 e. The number of carbonyl (C=O) groups is 2. The van der Waals surface area contributed by atoms with Gasteiger partial charge in [0.05, 0.1) is 0 Å². The van der Waals surface area contributed by atoms with Crippen molar-refractivity contribution in [2.75, 3.05) is 33.4 Å². The van der Waals surface area contributed by atoms with Gasteiger partial charge in [-0.25, -0.2) is 4.39 Å². The van der Waals surface area contributed by atoms with Crippen LogP contribution in [0.3, 0.4) is 0 Å². The second-order valence-electron chi connectivity index (χ2n) is 8.09. The fourth-order valence-corrected chi connectivity index (χ4v) is 4.75. The topological polar surface area (TPSA) is 49.9 Å². The lowest BCUT2D eigenvalue weighted by atomic mass is 9.83. The lowest BCUT2D eigenvalue weighted by Crippen LogP contribution is -2.57. The molecule has 2 aliphatic heterocycles. The number of halogens is 1. The highest BCUT2D eigenvalue weighted by Crippen LogP contribution is 2.32. The Hall–Kier alpha value is -2.73. The number of benzene rings is 2. The van der Waals surface area contributed by atoms with Crippen molar-refractivity contribution < 1.29 is 18.7 Å². The first-order valence-electron chi connectivity index (χ1n) is 10.5. The molecule has 5 nitrogen and oxygen atoms in total. The molecule has 2 atom stereocenters. The Kier molecular flexibility index (Phi) is 6.13. The largest absolute Gasteiger partial charge is 0.375 e. The van der Waals surface area contributed by atoms with Crippen LogP contribution in [0.15, 0.2) is 48.5 Å². The molecule has 2 saturated heterocycles. The summed E-state index contributed by atoms with van der Waals surface area (Å²) in [7, 11) is 1.53. The molecule has 6 heteroatoms. The third-order valence-corrected chi connectivity index (χ3v) is 6.27. The number of hydrogen-bond acceptors (Lipinski definition) is 3. The van der Waals surface area contributed by atoms with Gasteiger partial charge in [0.2, 0.25) is 5.91 Å². The minimum absolute atomic E-state index is 0.0152. The number of fused-ring (bicyclic) bond motifs is 1. The molecular formula is C24H27FN2O3. The predicted octanol–water partition coefficient (Wildman–Crippen LogP) is 3.59. The van der Waals surface area contributed by atoms with Gasteiger partial charge in [0, 0.05) is 43.9 Å². The van der Waals surface area contributed by atoms with Gasteiger partial charge in [0.25, 0.3) is 5.91 Å². The van der Waals surface area contributed by atoms with E-state index < -0.39 is 0 Å². The molecule has 30 heavy (non-hydrogen) atoms. The maximum atomic E-state index is 14.0. The highest BCUT2D eigenvalue weighted by molar-refractivity contribution is 5.95. The lowest BCUT2D eigenvalue weighted by molar-refractivity contribution is -0.138. The molecule has 0 bridgehead atoms. The van der Waals surface area contributed by atoms with Crippen LogP contribution in [0.1, 0.15) is 29.6 Å². The number of carbonyl (C=O) groups excluding carboxylic acids is 2. The summed E-state index contributed by atoms with van der Waals surface area (Å²) in [6.07, 6.45) is 2.75. The molecule has 158 valence electrons. The van der Waals surface area contributed by atoms with Crippen molar-refractivity contribution in [2.45, 2.75) is 25.3 Å². The van der Waals surface area contributed by atoms with Gasteiger partial charge < -0.3 is 14.5 Å². The summed E-state index contributed by atoms with van der Waals surface area (Å²) in [6, 6.07) is 14.0. The lowest BCUT2D eigenvalue weighted by Gasteiger charge is -2.47. The number of nitrogens with zero attached hydrogens (tertiary/aromatic N) is 2. The van der Waals surface area contributed by atoms with Crippen LogP contribution in [-0.4, -0.2) is 61.0 Å². The highest BCUT2D eigenvalue weighted by Gasteiger charge is 2.39. The summed E-state index contributed by atoms with van der Waals surface area (Å²) >= 11 is 0. The number of hydrogen-bond donors (Lipinski definition) is 0. The standard InChI is InChI=1S/C24H27FN2O3/c1-30-16-23(28)26-14-12-22-19(15-26)5-4-13-27(22)24(29)18-10-8-17(9-11-18)20-6-2-3-7-21(20)25/h2-3,6-11,19,22H,4-5,12-16H2,1H3/t19-,22+/m0/s1. The molecule has 0 spiro atoms. The average molecular weight is 410 g/mol. The normalized spacial score (nSPS) is 21.3. The zero-order valence-corrected chi connectivity index (χ0v) is 17.2. The summed E-state index contributed by atoms with van der Waals surface area (Å²) in [6.45, 7) is 2.18. The van der Waals surface area contributed by atoms with E-state index in [9.17, 15) is 14.0 Å². The van der Waals surface area contributed by atoms with Crippen molar-refractivity contribution in [2.24, 2.45) is 5.92 Å². The van der Waals surface area contributed by atoms with E-state index in [0.29, 0.717) is 30.1 Å². The summed E-state index contributed by atoms with van der Waals surface area (Å²) in [5, 5.41) is 0. The van der Waals surface area contributed by atoms with Crippen LogP contribution < -0.4 is 0 Å². The first-order chi connectivity index (χ1) is 14.6. The van der Waals surface area contributed by atoms with E-state index in [1.54, 1.807) is 42.5 Å². The van der Waals surface area contributed by atoms with Crippen molar-refractivity contribution in [1.82, 2.24) is 9.80 Å². The van der Waals surface area contributed by atoms with E-state index in [1.807, 2.05) is 9.80 Å². The number of likely N-dealkylation sites (tertiary alicyclic amines) is 2. The zero-order chi connectivity index (χ0) is 21.1. The van der Waals surface area contributed by atoms with E-state index in [-0.39, 0.29) is 30.3 Å². The molecule has 0 aliphatic carbocycles. The van der Waals surface area contributed by atoms with Gasteiger partial charge in [-0.2, -0.15) is 0 Å². The molecule has 2 heterocycles. The number of rotatable bonds is 4. The van der Waals surface area contributed by atoms with Gasteiger partial charge in [-0.1, -0.05) is 30.3 Å². The molecule has 0 aromatic heterocycles. The third-order valence-electron chi connectivity index (χ3n) is 6.27. The maximum absolute atomic E-state index is 14.0. The number of ether oxygens (including phenoxy) is 1. The van der Waals surface area contributed by atoms with Gasteiger partial charge in [-0.3, -0.25) is 9.59 Å². The number of amides is 2. The molecule has 4 rings (SSSR count). The van der Waals surface area contributed by atoms with Gasteiger partial charge in [-0.15, -0.1) is 0 Å². The first-order valence-corrected chi connectivity index (χ1v) is 10.5. The van der Waals surface area contributed by atoms with Crippen molar-refractivity contribution >= 4 is 11.8 Å². The Morgan fingerprint density at radius 2 is 1.83 bits per heavy atom. The van der Waals surface area contributed by atoms with Crippen molar-refractivity contribution in [3.05, 3.63) is 59.9 Å². The predicted molar refractivity (Wildman–Crippen MR) is 112 cm³/mol. The molecule has 2 aromatic carbocycles. The fraction of sp³-hybridized carbons (Fsp3) is 0.417. The molecule has 2 aromatic rings. The Morgan fingerprint density at radius 1 is 1.07 bits per heavy atom. The average Bonchev–Trinajstić information content (AvgIpc) is 2.78. The van der Waals surface area contributed by atoms with Crippen LogP contribution in [-0.2, 0) is 9.53 Å². The van der Waals surface area contributed by atoms with Gasteiger partial charge in [0.1, 0.15) is 12.4 Å². The SMILES string of the molecule is COCC(=O)N1CC[C@@H]2[C@@H](CCCN2C(=O)c2ccc(-c3ccccc3F)cc2)C1. The summed E-state index contributed by atoms with van der Waals surface area (Å²) in [5.74, 6) is 0.0600. The van der Waals surface area contributed by atoms with Crippen molar-refractivity contribution in [1.29, 1.82) is 0 Å². The van der Waals surface area contributed by atoms with Gasteiger partial charge >= 0.3 is 0 Å². The van der Waals surface area contributed by atoms with Gasteiger partial charge in [-0.05, 0) is 48.9 Å². The Bertz CT molecular complexity index is 915. The Labute approximate surface area is 176 Å². The molecule has 2 aliphatic rings. The first kappa shape index (κ1) is 20.5. The van der Waals surface area contributed by atoms with Crippen LogP contribution >= 0.6 is 0 Å². The third kappa shape index (κ3) is 4.10. The van der Waals surface area contributed by atoms with E-state index >= 15 is 0 Å². The van der Waals surface area contributed by atoms with Crippen LogP contribution in [0.25, 0.3) is 11.1 Å². The van der Waals surface area contributed by atoms with E-state index in [1.165, 1.54) is 13.2 Å². The summed E-state index contributed by atoms with van der Waals surface area (Å²) in [4.78, 5) is 29.3. The Balaban J connectivity index is 1.47. The van der Waals surface area contributed by atoms with Crippen molar-refractivity contribution in [3.8, 4) is 11.1 Å². The second-order valence-corrected chi connectivity index (χ2v) is 8.09. The minimum atomic E-state index is -0.273. The Morgan fingerprint density at radius 3 is 2.57 bits per heavy atom. The van der Waals surface area contributed by atoms with E-state index in [4.69, 9.17) is 4.74 Å². The number of methoxy groups -OCH3 is 1. The quantitative estimate of drug-likeness (QED) is 0.774. The van der Waals surface area contributed by atoms with Crippen LogP contribution in [0.5, 0.6) is 0 Å². The van der Waals surface area contributed by atoms with Crippen LogP contribution in [0.2, 0.25) is 0 Å². The second kappa shape index (κ2) is 8.96. The van der Waals surface area contributed by atoms with Crippen LogP contribution in [0, 0.1) is 11.7 Å². The zero-order valence-electron chi connectivity index (χ0n) is 17.2. The number of piperidine rings is 2. The molecule has 0 unspecified atom stereocenters. The summed E-state index contributed by atoms with van der Waals surface area (Å²) < 4.78 is 19.0. The van der Waals surface area contributed by atoms with Gasteiger partial charge in [0.15, 0.2) is 0 Å². The van der Waals surface area contributed by atoms with E-state index in [0.717, 1.165) is 31.4 Å². The van der Waals surface area contributed by atoms with Crippen molar-refractivity contribution in [3.63, 3.8) is 0 Å². The molecule has 0 N–H and O–H groups in total. The maximum Gasteiger partial charge on any atom is 0.254 e. The molecule has 0 saturated carbocycles. The molecule has 2 amide bonds. The monoisotopic (exact) mass is 410 g/mol. The minimum Gasteiger partial charge on any atom is -0.375 e. The highest BCUT2D eigenvalue weighted by atomic mass is 19.1.